The molecule has 2 aromatic carbocycles. The zero-order chi connectivity index (χ0) is 15.6. The third kappa shape index (κ3) is 2.46. The number of aromatic amines is 1. The number of rotatable bonds is 3. The van der Waals surface area contributed by atoms with Gasteiger partial charge in [0.2, 0.25) is 0 Å². The van der Waals surface area contributed by atoms with Crippen LogP contribution in [0, 0.1) is 0 Å². The van der Waals surface area contributed by atoms with Gasteiger partial charge in [0, 0.05) is 11.6 Å². The standard InChI is InChI=1S/C17H13N5O/c23-17(19-14-8-4-5-12-11-18-20-16(12)14)15-9-10-22(21-15)13-6-2-1-3-7-13/h1-11H,(H,18,20)(H,19,23). The van der Waals surface area contributed by atoms with Gasteiger partial charge in [-0.15, -0.1) is 0 Å². The van der Waals surface area contributed by atoms with Crippen LogP contribution in [0.2, 0.25) is 0 Å². The fourth-order valence-electron chi connectivity index (χ4n) is 2.43. The summed E-state index contributed by atoms with van der Waals surface area (Å²) in [6.45, 7) is 0. The van der Waals surface area contributed by atoms with E-state index in [1.54, 1.807) is 23.1 Å². The predicted molar refractivity (Wildman–Crippen MR) is 87.6 cm³/mol. The Kier molecular flexibility index (Phi) is 3.12. The number of carbonyl (C=O) groups excluding carboxylic acids is 1. The van der Waals surface area contributed by atoms with Crippen LogP contribution in [0.1, 0.15) is 10.5 Å². The Morgan fingerprint density at radius 2 is 1.91 bits per heavy atom. The van der Waals surface area contributed by atoms with Crippen molar-refractivity contribution in [2.75, 3.05) is 5.32 Å². The van der Waals surface area contributed by atoms with Crippen molar-refractivity contribution in [3.8, 4) is 5.69 Å². The number of hydrogen-bond acceptors (Lipinski definition) is 3. The highest BCUT2D eigenvalue weighted by Gasteiger charge is 2.12. The van der Waals surface area contributed by atoms with Crippen LogP contribution in [0.5, 0.6) is 0 Å². The van der Waals surface area contributed by atoms with Crippen LogP contribution in [-0.4, -0.2) is 25.9 Å². The molecule has 6 heteroatoms. The first kappa shape index (κ1) is 13.3. The monoisotopic (exact) mass is 303 g/mol. The van der Waals surface area contributed by atoms with E-state index in [0.717, 1.165) is 16.6 Å². The van der Waals surface area contributed by atoms with Crippen LogP contribution in [0.3, 0.4) is 0 Å². The average molecular weight is 303 g/mol. The number of carbonyl (C=O) groups is 1. The first-order valence-corrected chi connectivity index (χ1v) is 7.16. The normalized spacial score (nSPS) is 10.8. The Morgan fingerprint density at radius 3 is 2.78 bits per heavy atom. The van der Waals surface area contributed by atoms with Crippen molar-refractivity contribution < 1.29 is 4.79 Å². The van der Waals surface area contributed by atoms with Gasteiger partial charge in [-0.05, 0) is 24.3 Å². The summed E-state index contributed by atoms with van der Waals surface area (Å²) in [5.74, 6) is -0.262. The first-order chi connectivity index (χ1) is 11.3. The van der Waals surface area contributed by atoms with E-state index in [0.29, 0.717) is 11.4 Å². The molecular weight excluding hydrogens is 290 g/mol. The second-order valence-corrected chi connectivity index (χ2v) is 5.08. The van der Waals surface area contributed by atoms with E-state index in [1.807, 2.05) is 48.5 Å². The smallest absolute Gasteiger partial charge is 0.276 e. The molecular formula is C17H13N5O. The predicted octanol–water partition coefficient (Wildman–Crippen LogP) is 3.00. The molecule has 0 saturated carbocycles. The third-order valence-electron chi connectivity index (χ3n) is 3.57. The maximum atomic E-state index is 12.4. The lowest BCUT2D eigenvalue weighted by atomic mass is 10.2. The van der Waals surface area contributed by atoms with Crippen molar-refractivity contribution >= 4 is 22.5 Å². The molecule has 0 fully saturated rings. The second-order valence-electron chi connectivity index (χ2n) is 5.08. The quantitative estimate of drug-likeness (QED) is 0.611. The highest BCUT2D eigenvalue weighted by Crippen LogP contribution is 2.21. The van der Waals surface area contributed by atoms with E-state index in [1.165, 1.54) is 0 Å². The number of nitrogens with zero attached hydrogens (tertiary/aromatic N) is 3. The van der Waals surface area contributed by atoms with Gasteiger partial charge in [0.15, 0.2) is 5.69 Å². The molecule has 0 atom stereocenters. The van der Waals surface area contributed by atoms with Crippen molar-refractivity contribution in [3.05, 3.63) is 72.7 Å². The topological polar surface area (TPSA) is 75.6 Å². The van der Waals surface area contributed by atoms with Gasteiger partial charge in [0.05, 0.1) is 23.1 Å². The molecule has 6 nitrogen and oxygen atoms in total. The number of amides is 1. The highest BCUT2D eigenvalue weighted by molar-refractivity contribution is 6.07. The van der Waals surface area contributed by atoms with Crippen molar-refractivity contribution in [3.63, 3.8) is 0 Å². The second kappa shape index (κ2) is 5.42. The van der Waals surface area contributed by atoms with Crippen molar-refractivity contribution in [2.45, 2.75) is 0 Å². The Hall–Kier alpha value is -3.41. The van der Waals surface area contributed by atoms with Crippen LogP contribution < -0.4 is 5.32 Å². The fraction of sp³-hybridized carbons (Fsp3) is 0. The number of hydrogen-bond donors (Lipinski definition) is 2. The fourth-order valence-corrected chi connectivity index (χ4v) is 2.43. The van der Waals surface area contributed by atoms with Crippen LogP contribution in [-0.2, 0) is 0 Å². The van der Waals surface area contributed by atoms with Crippen LogP contribution in [0.15, 0.2) is 67.0 Å². The van der Waals surface area contributed by atoms with Crippen molar-refractivity contribution in [2.24, 2.45) is 0 Å². The third-order valence-corrected chi connectivity index (χ3v) is 3.57. The number of nitrogens with one attached hydrogen (secondary N) is 2. The lowest BCUT2D eigenvalue weighted by Gasteiger charge is -2.04. The summed E-state index contributed by atoms with van der Waals surface area (Å²) in [7, 11) is 0. The minimum Gasteiger partial charge on any atom is -0.319 e. The maximum absolute atomic E-state index is 12.4. The zero-order valence-electron chi connectivity index (χ0n) is 12.1. The molecule has 0 aliphatic carbocycles. The summed E-state index contributed by atoms with van der Waals surface area (Å²) in [6, 6.07) is 17.0. The van der Waals surface area contributed by atoms with E-state index in [4.69, 9.17) is 0 Å². The minimum atomic E-state index is -0.262. The Balaban J connectivity index is 1.60. The molecule has 0 saturated heterocycles. The van der Waals surface area contributed by atoms with Gasteiger partial charge in [0.25, 0.3) is 5.91 Å². The van der Waals surface area contributed by atoms with Gasteiger partial charge in [-0.3, -0.25) is 9.89 Å². The summed E-state index contributed by atoms with van der Waals surface area (Å²) in [5, 5.41) is 15.0. The molecule has 0 radical (unpaired) electrons. The SMILES string of the molecule is O=C(Nc1cccc2cn[nH]c12)c1ccn(-c2ccccc2)n1. The minimum absolute atomic E-state index is 0.262. The molecule has 23 heavy (non-hydrogen) atoms. The summed E-state index contributed by atoms with van der Waals surface area (Å²) < 4.78 is 1.67. The van der Waals surface area contributed by atoms with E-state index < -0.39 is 0 Å². The molecule has 2 aromatic heterocycles. The molecule has 0 bridgehead atoms. The molecule has 0 spiro atoms. The number of aromatic nitrogens is 4. The maximum Gasteiger partial charge on any atom is 0.276 e. The molecule has 0 unspecified atom stereocenters. The Morgan fingerprint density at radius 1 is 1.04 bits per heavy atom. The van der Waals surface area contributed by atoms with Gasteiger partial charge < -0.3 is 5.32 Å². The lowest BCUT2D eigenvalue weighted by Crippen LogP contribution is -2.13. The van der Waals surface area contributed by atoms with Crippen molar-refractivity contribution in [1.29, 1.82) is 0 Å². The van der Waals surface area contributed by atoms with E-state index in [2.05, 4.69) is 20.6 Å². The number of fused-ring (bicyclic) bond motifs is 1. The summed E-state index contributed by atoms with van der Waals surface area (Å²) in [5.41, 5.74) is 2.73. The number of para-hydroxylation sites is 2. The Labute approximate surface area is 131 Å². The average Bonchev–Trinajstić information content (AvgIpc) is 3.25. The largest absolute Gasteiger partial charge is 0.319 e. The lowest BCUT2D eigenvalue weighted by molar-refractivity contribution is 0.102. The molecule has 1 amide bonds. The molecule has 112 valence electrons. The Bertz CT molecular complexity index is 971. The van der Waals surface area contributed by atoms with Crippen molar-refractivity contribution in [1.82, 2.24) is 20.0 Å². The van der Waals surface area contributed by atoms with Crippen LogP contribution in [0.4, 0.5) is 5.69 Å². The molecule has 4 rings (SSSR count). The molecule has 2 N–H and O–H groups in total. The first-order valence-electron chi connectivity index (χ1n) is 7.16. The number of H-pyrrole nitrogens is 1. The van der Waals surface area contributed by atoms with E-state index in [-0.39, 0.29) is 5.91 Å². The van der Waals surface area contributed by atoms with Crippen LogP contribution >= 0.6 is 0 Å². The van der Waals surface area contributed by atoms with Gasteiger partial charge in [0.1, 0.15) is 0 Å². The van der Waals surface area contributed by atoms with Gasteiger partial charge >= 0.3 is 0 Å². The summed E-state index contributed by atoms with van der Waals surface area (Å²) in [4.78, 5) is 12.4. The van der Waals surface area contributed by atoms with Gasteiger partial charge in [-0.1, -0.05) is 30.3 Å². The highest BCUT2D eigenvalue weighted by atomic mass is 16.1. The van der Waals surface area contributed by atoms with E-state index >= 15 is 0 Å². The molecule has 0 aliphatic heterocycles. The summed E-state index contributed by atoms with van der Waals surface area (Å²) >= 11 is 0. The van der Waals surface area contributed by atoms with Gasteiger partial charge in [-0.2, -0.15) is 10.2 Å². The molecule has 2 heterocycles. The van der Waals surface area contributed by atoms with Gasteiger partial charge in [-0.25, -0.2) is 4.68 Å². The summed E-state index contributed by atoms with van der Waals surface area (Å²) in [6.07, 6.45) is 3.48. The number of benzene rings is 2. The van der Waals surface area contributed by atoms with E-state index in [9.17, 15) is 4.79 Å². The molecule has 4 aromatic rings. The van der Waals surface area contributed by atoms with Crippen LogP contribution in [0.25, 0.3) is 16.6 Å². The number of anilines is 1. The molecule has 0 aliphatic rings. The zero-order valence-corrected chi connectivity index (χ0v) is 12.1.